The molecule has 0 aromatic heterocycles. The Balaban J connectivity index is 2.19. The number of benzene rings is 1. The van der Waals surface area contributed by atoms with Crippen LogP contribution in [-0.4, -0.2) is 53.0 Å². The second kappa shape index (κ2) is 9.90. The number of rotatable bonds is 8. The van der Waals surface area contributed by atoms with Crippen LogP contribution in [0.25, 0.3) is 0 Å². The molecule has 1 N–H and O–H groups in total. The van der Waals surface area contributed by atoms with Crippen molar-refractivity contribution < 1.29 is 29.0 Å². The zero-order chi connectivity index (χ0) is 22.5. The molecular weight excluding hydrogens is 386 g/mol. The van der Waals surface area contributed by atoms with Crippen molar-refractivity contribution in [3.63, 3.8) is 0 Å². The normalized spacial score (nSPS) is 22.7. The molecule has 1 aliphatic rings. The van der Waals surface area contributed by atoms with Gasteiger partial charge in [0, 0.05) is 5.41 Å². The summed E-state index contributed by atoms with van der Waals surface area (Å²) in [5, 5.41) is 10.9. The molecule has 1 saturated heterocycles. The number of carbonyl (C=O) groups is 2. The first-order valence-corrected chi connectivity index (χ1v) is 10.4. The Hall–Kier alpha value is -1.96. The van der Waals surface area contributed by atoms with Crippen molar-refractivity contribution in [3.05, 3.63) is 35.9 Å². The van der Waals surface area contributed by atoms with E-state index in [0.29, 0.717) is 6.42 Å². The lowest BCUT2D eigenvalue weighted by molar-refractivity contribution is -0.224. The van der Waals surface area contributed by atoms with Gasteiger partial charge in [-0.05, 0) is 38.7 Å². The van der Waals surface area contributed by atoms with Gasteiger partial charge in [-0.3, -0.25) is 14.4 Å². The Morgan fingerprint density at radius 1 is 1.10 bits per heavy atom. The van der Waals surface area contributed by atoms with Crippen LogP contribution in [0.5, 0.6) is 0 Å². The molecule has 0 amide bonds. The highest BCUT2D eigenvalue weighted by atomic mass is 16.7. The molecule has 7 heteroatoms. The summed E-state index contributed by atoms with van der Waals surface area (Å²) in [7, 11) is 0. The highest BCUT2D eigenvalue weighted by molar-refractivity contribution is 5.81. The van der Waals surface area contributed by atoms with Gasteiger partial charge in [-0.15, -0.1) is 0 Å². The van der Waals surface area contributed by atoms with Gasteiger partial charge >= 0.3 is 11.9 Å². The largest absolute Gasteiger partial charge is 0.464 e. The molecular formula is C23H35NO6. The van der Waals surface area contributed by atoms with Crippen molar-refractivity contribution in [1.82, 2.24) is 5.06 Å². The molecule has 7 nitrogen and oxygen atoms in total. The van der Waals surface area contributed by atoms with Gasteiger partial charge in [0.15, 0.2) is 0 Å². The Labute approximate surface area is 179 Å². The third-order valence-corrected chi connectivity index (χ3v) is 4.89. The minimum atomic E-state index is -0.726. The fourth-order valence-corrected chi connectivity index (χ4v) is 3.23. The van der Waals surface area contributed by atoms with Crippen molar-refractivity contribution >= 4 is 11.9 Å². The number of esters is 2. The van der Waals surface area contributed by atoms with Gasteiger partial charge in [0.05, 0.1) is 19.8 Å². The maximum absolute atomic E-state index is 12.9. The summed E-state index contributed by atoms with van der Waals surface area (Å²) < 4.78 is 11.1. The molecule has 0 aliphatic carbocycles. The van der Waals surface area contributed by atoms with E-state index in [4.69, 9.17) is 14.3 Å². The number of aliphatic hydroxyl groups excluding tert-OH is 1. The summed E-state index contributed by atoms with van der Waals surface area (Å²) in [6.07, 6.45) is 0.414. The quantitative estimate of drug-likeness (QED) is 0.646. The zero-order valence-electron chi connectivity index (χ0n) is 18.9. The van der Waals surface area contributed by atoms with E-state index in [1.807, 2.05) is 71.9 Å². The number of nitrogens with zero attached hydrogens (tertiary/aromatic N) is 1. The molecule has 3 atom stereocenters. The van der Waals surface area contributed by atoms with Crippen molar-refractivity contribution in [2.24, 2.45) is 11.3 Å². The Morgan fingerprint density at radius 3 is 2.30 bits per heavy atom. The van der Waals surface area contributed by atoms with Gasteiger partial charge in [-0.2, -0.15) is 5.06 Å². The summed E-state index contributed by atoms with van der Waals surface area (Å²) >= 11 is 0. The molecule has 1 aromatic rings. The fourth-order valence-electron chi connectivity index (χ4n) is 3.23. The van der Waals surface area contributed by atoms with Gasteiger partial charge in [0.1, 0.15) is 17.7 Å². The topological polar surface area (TPSA) is 85.3 Å². The van der Waals surface area contributed by atoms with E-state index in [2.05, 4.69) is 0 Å². The molecule has 1 aromatic carbocycles. The van der Waals surface area contributed by atoms with E-state index < -0.39 is 35.0 Å². The fraction of sp³-hybridized carbons (Fsp3) is 0.652. The predicted octanol–water partition coefficient (Wildman–Crippen LogP) is 3.10. The average molecular weight is 422 g/mol. The first-order valence-electron chi connectivity index (χ1n) is 10.4. The predicted molar refractivity (Wildman–Crippen MR) is 112 cm³/mol. The molecule has 30 heavy (non-hydrogen) atoms. The van der Waals surface area contributed by atoms with E-state index in [1.54, 1.807) is 0 Å². The van der Waals surface area contributed by atoms with Crippen molar-refractivity contribution in [3.8, 4) is 0 Å². The number of ether oxygens (including phenoxy) is 2. The number of carbonyl (C=O) groups excluding carboxylic acids is 2. The smallest absolute Gasteiger partial charge is 0.326 e. The molecule has 2 rings (SSSR count). The molecule has 0 bridgehead atoms. The third kappa shape index (κ3) is 6.79. The first-order chi connectivity index (χ1) is 13.9. The average Bonchev–Trinajstić information content (AvgIpc) is 3.00. The lowest BCUT2D eigenvalue weighted by Gasteiger charge is -2.31. The van der Waals surface area contributed by atoms with Crippen LogP contribution in [0.4, 0.5) is 0 Å². The maximum Gasteiger partial charge on any atom is 0.326 e. The van der Waals surface area contributed by atoms with Gasteiger partial charge in [-0.1, -0.05) is 51.1 Å². The lowest BCUT2D eigenvalue weighted by atomic mass is 9.96. The van der Waals surface area contributed by atoms with Crippen molar-refractivity contribution in [1.29, 1.82) is 0 Å². The molecule has 1 aliphatic heterocycles. The first kappa shape index (κ1) is 24.3. The minimum Gasteiger partial charge on any atom is -0.464 e. The second-order valence-electron chi connectivity index (χ2n) is 9.76. The minimum absolute atomic E-state index is 0.0802. The Morgan fingerprint density at radius 2 is 1.73 bits per heavy atom. The van der Waals surface area contributed by atoms with Gasteiger partial charge in [0.2, 0.25) is 0 Å². The summed E-state index contributed by atoms with van der Waals surface area (Å²) in [6, 6.07) is 8.11. The second-order valence-corrected chi connectivity index (χ2v) is 9.76. The molecule has 0 unspecified atom stereocenters. The van der Waals surface area contributed by atoms with E-state index in [0.717, 1.165) is 5.56 Å². The number of hydroxylamine groups is 2. The Kier molecular flexibility index (Phi) is 8.02. The molecule has 168 valence electrons. The standard InChI is InChI=1S/C23H35NO6/c1-16-12-18(20(26)28-15-23(5,6)14-25)24(19(16)21(27)30-22(2,3)4)29-13-17-10-8-7-9-11-17/h7-11,16,18-19,25H,12-15H2,1-6H3/t16-,18+,19-/m1/s1. The van der Waals surface area contributed by atoms with Crippen LogP contribution < -0.4 is 0 Å². The van der Waals surface area contributed by atoms with Crippen LogP contribution in [0.1, 0.15) is 53.5 Å². The van der Waals surface area contributed by atoms with Crippen LogP contribution in [0.2, 0.25) is 0 Å². The van der Waals surface area contributed by atoms with E-state index in [1.165, 1.54) is 5.06 Å². The van der Waals surface area contributed by atoms with Crippen LogP contribution in [0.15, 0.2) is 30.3 Å². The van der Waals surface area contributed by atoms with E-state index in [9.17, 15) is 14.7 Å². The molecule has 1 heterocycles. The summed E-state index contributed by atoms with van der Waals surface area (Å²) in [4.78, 5) is 31.7. The van der Waals surface area contributed by atoms with Crippen molar-refractivity contribution in [2.75, 3.05) is 13.2 Å². The third-order valence-electron chi connectivity index (χ3n) is 4.89. The lowest BCUT2D eigenvalue weighted by Crippen LogP contribution is -2.48. The van der Waals surface area contributed by atoms with E-state index >= 15 is 0 Å². The molecule has 0 saturated carbocycles. The number of hydrogen-bond donors (Lipinski definition) is 1. The monoisotopic (exact) mass is 421 g/mol. The summed E-state index contributed by atoms with van der Waals surface area (Å²) in [5.74, 6) is -1.05. The van der Waals surface area contributed by atoms with Gasteiger partial charge in [0.25, 0.3) is 0 Å². The van der Waals surface area contributed by atoms with Crippen LogP contribution in [-0.2, 0) is 30.5 Å². The van der Waals surface area contributed by atoms with E-state index in [-0.39, 0.29) is 25.7 Å². The molecule has 1 fully saturated rings. The number of hydrogen-bond acceptors (Lipinski definition) is 7. The maximum atomic E-state index is 12.9. The van der Waals surface area contributed by atoms with Crippen LogP contribution in [0.3, 0.4) is 0 Å². The molecule has 0 spiro atoms. The Bertz CT molecular complexity index is 712. The van der Waals surface area contributed by atoms with Crippen LogP contribution >= 0.6 is 0 Å². The summed E-state index contributed by atoms with van der Waals surface area (Å²) in [6.45, 7) is 11.1. The summed E-state index contributed by atoms with van der Waals surface area (Å²) in [5.41, 5.74) is -0.264. The highest BCUT2D eigenvalue weighted by Crippen LogP contribution is 2.33. The molecule has 0 radical (unpaired) electrons. The number of aliphatic hydroxyl groups is 1. The van der Waals surface area contributed by atoms with Gasteiger partial charge < -0.3 is 14.6 Å². The zero-order valence-corrected chi connectivity index (χ0v) is 18.9. The highest BCUT2D eigenvalue weighted by Gasteiger charge is 2.49. The van der Waals surface area contributed by atoms with Crippen LogP contribution in [0, 0.1) is 11.3 Å². The SMILES string of the molecule is C[C@@H]1C[C@@H](C(=O)OCC(C)(C)CO)N(OCc2ccccc2)[C@H]1C(=O)OC(C)(C)C. The van der Waals surface area contributed by atoms with Gasteiger partial charge in [-0.25, -0.2) is 0 Å². The van der Waals surface area contributed by atoms with Crippen molar-refractivity contribution in [2.45, 2.75) is 72.3 Å².